The second kappa shape index (κ2) is 10.3. The Hall–Kier alpha value is -3.39. The molecule has 0 bridgehead atoms. The first-order valence-corrected chi connectivity index (χ1v) is 11.6. The van der Waals surface area contributed by atoms with Crippen molar-refractivity contribution in [2.45, 2.75) is 37.3 Å². The van der Waals surface area contributed by atoms with E-state index in [-0.39, 0.29) is 24.5 Å². The molecule has 8 nitrogen and oxygen atoms in total. The predicted octanol–water partition coefficient (Wildman–Crippen LogP) is 2.82. The second-order valence-corrected chi connectivity index (χ2v) is 9.34. The molecule has 2 aromatic rings. The van der Waals surface area contributed by atoms with Crippen molar-refractivity contribution in [3.05, 3.63) is 59.7 Å². The lowest BCUT2D eigenvalue weighted by molar-refractivity contribution is -0.141. The van der Waals surface area contributed by atoms with Gasteiger partial charge in [0.1, 0.15) is 12.6 Å². The quantitative estimate of drug-likeness (QED) is 0.553. The number of alkyl carbamates (subject to hydrolysis) is 1. The van der Waals surface area contributed by atoms with Gasteiger partial charge in [0.2, 0.25) is 5.91 Å². The maximum Gasteiger partial charge on any atom is 0.407 e. The molecule has 0 saturated heterocycles. The van der Waals surface area contributed by atoms with Crippen molar-refractivity contribution >= 4 is 18.0 Å². The zero-order valence-electron chi connectivity index (χ0n) is 19.5. The Morgan fingerprint density at radius 1 is 1.03 bits per heavy atom. The highest BCUT2D eigenvalue weighted by Gasteiger charge is 2.33. The van der Waals surface area contributed by atoms with E-state index in [1.165, 1.54) is 0 Å². The van der Waals surface area contributed by atoms with Crippen LogP contribution in [0, 0.1) is 5.92 Å². The van der Waals surface area contributed by atoms with E-state index < -0.39 is 24.0 Å². The SMILES string of the molecule is CN(C)C[C@H](NC(=O)OCC1c2ccccc2-c2ccccc21)C(=O)NC1CCC(C(=O)O)C1. The van der Waals surface area contributed by atoms with Gasteiger partial charge in [-0.2, -0.15) is 0 Å². The van der Waals surface area contributed by atoms with E-state index in [9.17, 15) is 19.5 Å². The molecule has 2 unspecified atom stereocenters. The van der Waals surface area contributed by atoms with Crippen molar-refractivity contribution in [2.24, 2.45) is 5.92 Å². The summed E-state index contributed by atoms with van der Waals surface area (Å²) in [4.78, 5) is 38.6. The fraction of sp³-hybridized carbons (Fsp3) is 0.423. The molecule has 3 atom stereocenters. The Labute approximate surface area is 199 Å². The van der Waals surface area contributed by atoms with Gasteiger partial charge in [-0.05, 0) is 55.6 Å². The number of likely N-dealkylation sites (N-methyl/N-ethyl adjacent to an activating group) is 1. The number of benzene rings is 2. The molecule has 0 heterocycles. The first-order chi connectivity index (χ1) is 16.3. The molecule has 3 N–H and O–H groups in total. The summed E-state index contributed by atoms with van der Waals surface area (Å²) >= 11 is 0. The van der Waals surface area contributed by atoms with Crippen molar-refractivity contribution < 1.29 is 24.2 Å². The summed E-state index contributed by atoms with van der Waals surface area (Å²) in [6.07, 6.45) is 0.903. The van der Waals surface area contributed by atoms with Crippen LogP contribution in [-0.4, -0.2) is 67.3 Å². The van der Waals surface area contributed by atoms with Crippen molar-refractivity contribution in [2.75, 3.05) is 27.2 Å². The number of rotatable bonds is 8. The molecule has 2 aliphatic rings. The van der Waals surface area contributed by atoms with Gasteiger partial charge in [0.15, 0.2) is 0 Å². The third kappa shape index (κ3) is 5.22. The molecular weight excluding hydrogens is 434 g/mol. The summed E-state index contributed by atoms with van der Waals surface area (Å²) in [7, 11) is 3.63. The second-order valence-electron chi connectivity index (χ2n) is 9.34. The van der Waals surface area contributed by atoms with Crippen LogP contribution in [0.1, 0.15) is 36.3 Å². The average molecular weight is 466 g/mol. The Bertz CT molecular complexity index is 1020. The van der Waals surface area contributed by atoms with Gasteiger partial charge in [0.05, 0.1) is 5.92 Å². The van der Waals surface area contributed by atoms with E-state index in [0.29, 0.717) is 25.8 Å². The molecule has 2 aromatic carbocycles. The maximum atomic E-state index is 12.9. The minimum absolute atomic E-state index is 0.0642. The van der Waals surface area contributed by atoms with Crippen LogP contribution >= 0.6 is 0 Å². The molecule has 4 rings (SSSR count). The highest BCUT2D eigenvalue weighted by Crippen LogP contribution is 2.44. The van der Waals surface area contributed by atoms with Gasteiger partial charge in [-0.25, -0.2) is 4.79 Å². The van der Waals surface area contributed by atoms with E-state index in [4.69, 9.17) is 4.74 Å². The molecular formula is C26H31N3O5. The van der Waals surface area contributed by atoms with Gasteiger partial charge >= 0.3 is 12.1 Å². The third-order valence-electron chi connectivity index (χ3n) is 6.63. The van der Waals surface area contributed by atoms with Crippen LogP contribution in [0.15, 0.2) is 48.5 Å². The molecule has 2 amide bonds. The first-order valence-electron chi connectivity index (χ1n) is 11.6. The number of hydrogen-bond donors (Lipinski definition) is 3. The van der Waals surface area contributed by atoms with Gasteiger partial charge in [-0.3, -0.25) is 9.59 Å². The average Bonchev–Trinajstić information content (AvgIpc) is 3.40. The van der Waals surface area contributed by atoms with E-state index in [2.05, 4.69) is 34.9 Å². The van der Waals surface area contributed by atoms with Crippen LogP contribution in [0.3, 0.4) is 0 Å². The monoisotopic (exact) mass is 465 g/mol. The number of nitrogens with one attached hydrogen (secondary N) is 2. The number of carbonyl (C=O) groups is 3. The van der Waals surface area contributed by atoms with Crippen LogP contribution in [0.5, 0.6) is 0 Å². The molecule has 8 heteroatoms. The number of fused-ring (bicyclic) bond motifs is 3. The van der Waals surface area contributed by atoms with Crippen LogP contribution in [0.2, 0.25) is 0 Å². The standard InChI is InChI=1S/C26H31N3O5/c1-29(2)14-23(24(30)27-17-12-11-16(13-17)25(31)32)28-26(33)34-15-22-20-9-5-3-7-18(20)19-8-4-6-10-21(19)22/h3-10,16-17,22-23H,11-15H2,1-2H3,(H,27,30)(H,28,33)(H,31,32)/t16?,17?,23-/m0/s1. The minimum Gasteiger partial charge on any atom is -0.481 e. The number of carboxylic acids is 1. The van der Waals surface area contributed by atoms with Crippen LogP contribution < -0.4 is 10.6 Å². The van der Waals surface area contributed by atoms with Gasteiger partial charge in [0, 0.05) is 18.5 Å². The van der Waals surface area contributed by atoms with Gasteiger partial charge in [-0.15, -0.1) is 0 Å². The number of hydrogen-bond acceptors (Lipinski definition) is 5. The summed E-state index contributed by atoms with van der Waals surface area (Å²) in [5.74, 6) is -1.67. The molecule has 0 aliphatic heterocycles. The number of carboxylic acid groups (broad SMARTS) is 1. The topological polar surface area (TPSA) is 108 Å². The molecule has 0 radical (unpaired) electrons. The van der Waals surface area contributed by atoms with Crippen molar-refractivity contribution in [1.82, 2.24) is 15.5 Å². The van der Waals surface area contributed by atoms with Crippen molar-refractivity contribution in [3.8, 4) is 11.1 Å². The van der Waals surface area contributed by atoms with E-state index in [1.807, 2.05) is 43.3 Å². The molecule has 0 aromatic heterocycles. The highest BCUT2D eigenvalue weighted by molar-refractivity contribution is 5.86. The smallest absolute Gasteiger partial charge is 0.407 e. The number of amides is 2. The minimum atomic E-state index is -0.835. The Morgan fingerprint density at radius 3 is 2.21 bits per heavy atom. The Kier molecular flexibility index (Phi) is 7.17. The zero-order valence-corrected chi connectivity index (χ0v) is 19.5. The molecule has 1 fully saturated rings. The fourth-order valence-corrected chi connectivity index (χ4v) is 4.98. The largest absolute Gasteiger partial charge is 0.481 e. The molecule has 180 valence electrons. The Morgan fingerprint density at radius 2 is 1.65 bits per heavy atom. The predicted molar refractivity (Wildman–Crippen MR) is 127 cm³/mol. The van der Waals surface area contributed by atoms with Gasteiger partial charge in [0.25, 0.3) is 0 Å². The molecule has 1 saturated carbocycles. The summed E-state index contributed by atoms with van der Waals surface area (Å²) < 4.78 is 5.59. The van der Waals surface area contributed by atoms with Crippen LogP contribution in [0.4, 0.5) is 4.79 Å². The number of aliphatic carboxylic acids is 1. The molecule has 0 spiro atoms. The fourth-order valence-electron chi connectivity index (χ4n) is 4.98. The highest BCUT2D eigenvalue weighted by atomic mass is 16.5. The van der Waals surface area contributed by atoms with Crippen LogP contribution in [0.25, 0.3) is 11.1 Å². The van der Waals surface area contributed by atoms with E-state index >= 15 is 0 Å². The van der Waals surface area contributed by atoms with Gasteiger partial charge < -0.3 is 25.4 Å². The Balaban J connectivity index is 1.37. The van der Waals surface area contributed by atoms with Crippen molar-refractivity contribution in [1.29, 1.82) is 0 Å². The van der Waals surface area contributed by atoms with E-state index in [0.717, 1.165) is 22.3 Å². The van der Waals surface area contributed by atoms with Crippen LogP contribution in [-0.2, 0) is 14.3 Å². The molecule has 34 heavy (non-hydrogen) atoms. The summed E-state index contributed by atoms with van der Waals surface area (Å²) in [6.45, 7) is 0.462. The van der Waals surface area contributed by atoms with E-state index in [1.54, 1.807) is 0 Å². The van der Waals surface area contributed by atoms with Gasteiger partial charge in [-0.1, -0.05) is 48.5 Å². The lowest BCUT2D eigenvalue weighted by Gasteiger charge is -2.24. The first kappa shape index (κ1) is 23.8. The molecule has 2 aliphatic carbocycles. The zero-order chi connectivity index (χ0) is 24.2. The third-order valence-corrected chi connectivity index (χ3v) is 6.63. The number of nitrogens with zero attached hydrogens (tertiary/aromatic N) is 1. The maximum absolute atomic E-state index is 12.9. The summed E-state index contributed by atoms with van der Waals surface area (Å²) in [6, 6.07) is 15.2. The normalized spacial score (nSPS) is 19.9. The number of ether oxygens (including phenoxy) is 1. The lowest BCUT2D eigenvalue weighted by Crippen LogP contribution is -2.53. The number of carbonyl (C=O) groups excluding carboxylic acids is 2. The summed E-state index contributed by atoms with van der Waals surface area (Å²) in [5, 5.41) is 14.8. The lowest BCUT2D eigenvalue weighted by atomic mass is 9.98. The van der Waals surface area contributed by atoms with Crippen molar-refractivity contribution in [3.63, 3.8) is 0 Å². The summed E-state index contributed by atoms with van der Waals surface area (Å²) in [5.41, 5.74) is 4.53.